The molecule has 0 fully saturated rings. The number of carboxylic acids is 1. The molecule has 90 valence electrons. The zero-order chi connectivity index (χ0) is 12.5. The van der Waals surface area contributed by atoms with Gasteiger partial charge in [-0.3, -0.25) is 0 Å². The van der Waals surface area contributed by atoms with Crippen molar-refractivity contribution in [3.05, 3.63) is 29.8 Å². The van der Waals surface area contributed by atoms with Crippen LogP contribution in [0.15, 0.2) is 24.3 Å². The highest BCUT2D eigenvalue weighted by Crippen LogP contribution is 2.12. The number of terminal acetylenes is 1. The summed E-state index contributed by atoms with van der Waals surface area (Å²) in [5.41, 5.74) is 0.204. The van der Waals surface area contributed by atoms with Gasteiger partial charge < -0.3 is 14.6 Å². The summed E-state index contributed by atoms with van der Waals surface area (Å²) in [5.74, 6) is 2.01. The second-order valence-corrected chi connectivity index (χ2v) is 3.25. The lowest BCUT2D eigenvalue weighted by molar-refractivity contribution is 0.0696. The third-order valence-corrected chi connectivity index (χ3v) is 1.97. The SMILES string of the molecule is C#CCCOCCOc1cccc(C(=O)O)c1. The van der Waals surface area contributed by atoms with Crippen LogP contribution in [0.25, 0.3) is 0 Å². The Balaban J connectivity index is 2.30. The molecule has 0 radical (unpaired) electrons. The number of benzene rings is 1. The fourth-order valence-corrected chi connectivity index (χ4v) is 1.17. The summed E-state index contributed by atoms with van der Waals surface area (Å²) in [5, 5.41) is 8.78. The first kappa shape index (κ1) is 13.1. The van der Waals surface area contributed by atoms with Crippen LogP contribution in [0.2, 0.25) is 0 Å². The van der Waals surface area contributed by atoms with Crippen molar-refractivity contribution in [2.45, 2.75) is 6.42 Å². The Kier molecular flexibility index (Phi) is 5.62. The van der Waals surface area contributed by atoms with Crippen LogP contribution in [0.1, 0.15) is 16.8 Å². The Morgan fingerprint density at radius 1 is 1.35 bits per heavy atom. The maximum Gasteiger partial charge on any atom is 0.335 e. The lowest BCUT2D eigenvalue weighted by Gasteiger charge is -2.06. The van der Waals surface area contributed by atoms with Crippen LogP contribution in [0.4, 0.5) is 0 Å². The average molecular weight is 234 g/mol. The third-order valence-electron chi connectivity index (χ3n) is 1.97. The van der Waals surface area contributed by atoms with E-state index in [-0.39, 0.29) is 5.56 Å². The van der Waals surface area contributed by atoms with E-state index in [2.05, 4.69) is 5.92 Å². The molecule has 0 aliphatic carbocycles. The molecule has 0 amide bonds. The van der Waals surface area contributed by atoms with E-state index in [0.29, 0.717) is 32.0 Å². The van der Waals surface area contributed by atoms with Gasteiger partial charge in [-0.2, -0.15) is 0 Å². The van der Waals surface area contributed by atoms with Gasteiger partial charge in [-0.05, 0) is 18.2 Å². The number of hydrogen-bond acceptors (Lipinski definition) is 3. The van der Waals surface area contributed by atoms with Gasteiger partial charge in [0.15, 0.2) is 0 Å². The van der Waals surface area contributed by atoms with Crippen molar-refractivity contribution in [2.75, 3.05) is 19.8 Å². The second kappa shape index (κ2) is 7.31. The molecule has 0 saturated carbocycles. The molecule has 1 aromatic rings. The molecule has 0 aliphatic heterocycles. The van der Waals surface area contributed by atoms with Gasteiger partial charge in [-0.1, -0.05) is 6.07 Å². The van der Waals surface area contributed by atoms with Crippen LogP contribution in [0.3, 0.4) is 0 Å². The van der Waals surface area contributed by atoms with Gasteiger partial charge in [0.2, 0.25) is 0 Å². The van der Waals surface area contributed by atoms with Gasteiger partial charge in [-0.25, -0.2) is 4.79 Å². The van der Waals surface area contributed by atoms with Crippen molar-refractivity contribution < 1.29 is 19.4 Å². The van der Waals surface area contributed by atoms with Crippen molar-refractivity contribution in [2.24, 2.45) is 0 Å². The van der Waals surface area contributed by atoms with Crippen LogP contribution >= 0.6 is 0 Å². The monoisotopic (exact) mass is 234 g/mol. The van der Waals surface area contributed by atoms with Gasteiger partial charge in [0.25, 0.3) is 0 Å². The summed E-state index contributed by atoms with van der Waals surface area (Å²) >= 11 is 0. The molecule has 0 heterocycles. The zero-order valence-electron chi connectivity index (χ0n) is 9.39. The molecular weight excluding hydrogens is 220 g/mol. The van der Waals surface area contributed by atoms with E-state index in [9.17, 15) is 4.79 Å². The predicted molar refractivity (Wildman–Crippen MR) is 63.2 cm³/mol. The van der Waals surface area contributed by atoms with Gasteiger partial charge >= 0.3 is 5.97 Å². The second-order valence-electron chi connectivity index (χ2n) is 3.25. The summed E-state index contributed by atoms with van der Waals surface area (Å²) in [6.45, 7) is 1.31. The molecule has 1 rings (SSSR count). The van der Waals surface area contributed by atoms with Crippen LogP contribution in [0, 0.1) is 12.3 Å². The molecule has 0 saturated heterocycles. The molecule has 4 heteroatoms. The number of rotatable bonds is 7. The summed E-state index contributed by atoms with van der Waals surface area (Å²) < 4.78 is 10.5. The maximum atomic E-state index is 10.7. The largest absolute Gasteiger partial charge is 0.491 e. The molecule has 1 aromatic carbocycles. The van der Waals surface area contributed by atoms with Gasteiger partial charge in [-0.15, -0.1) is 12.3 Å². The first-order chi connectivity index (χ1) is 8.24. The van der Waals surface area contributed by atoms with E-state index >= 15 is 0 Å². The topological polar surface area (TPSA) is 55.8 Å². The Hall–Kier alpha value is -1.99. The van der Waals surface area contributed by atoms with Crippen molar-refractivity contribution in [1.29, 1.82) is 0 Å². The van der Waals surface area contributed by atoms with Crippen molar-refractivity contribution in [3.8, 4) is 18.1 Å². The van der Waals surface area contributed by atoms with Gasteiger partial charge in [0, 0.05) is 6.42 Å². The van der Waals surface area contributed by atoms with E-state index in [0.717, 1.165) is 0 Å². The number of carbonyl (C=O) groups is 1. The lowest BCUT2D eigenvalue weighted by atomic mass is 10.2. The minimum absolute atomic E-state index is 0.204. The molecule has 0 aromatic heterocycles. The van der Waals surface area contributed by atoms with Crippen molar-refractivity contribution in [1.82, 2.24) is 0 Å². The Morgan fingerprint density at radius 2 is 2.18 bits per heavy atom. The summed E-state index contributed by atoms with van der Waals surface area (Å²) in [6, 6.07) is 6.33. The summed E-state index contributed by atoms with van der Waals surface area (Å²) in [4.78, 5) is 10.7. The standard InChI is InChI=1S/C13H14O4/c1-2-3-7-16-8-9-17-12-6-4-5-11(10-12)13(14)15/h1,4-6,10H,3,7-9H2,(H,14,15). The Morgan fingerprint density at radius 3 is 2.88 bits per heavy atom. The molecule has 4 nitrogen and oxygen atoms in total. The smallest absolute Gasteiger partial charge is 0.335 e. The van der Waals surface area contributed by atoms with Gasteiger partial charge in [0.05, 0.1) is 18.8 Å². The highest BCUT2D eigenvalue weighted by molar-refractivity contribution is 5.87. The average Bonchev–Trinajstić information content (AvgIpc) is 2.34. The highest BCUT2D eigenvalue weighted by Gasteiger charge is 2.03. The molecular formula is C13H14O4. The van der Waals surface area contributed by atoms with Crippen molar-refractivity contribution >= 4 is 5.97 Å². The third kappa shape index (κ3) is 5.05. The molecule has 1 N–H and O–H groups in total. The number of aromatic carboxylic acids is 1. The maximum absolute atomic E-state index is 10.7. The molecule has 17 heavy (non-hydrogen) atoms. The van der Waals surface area contributed by atoms with E-state index in [1.54, 1.807) is 12.1 Å². The van der Waals surface area contributed by atoms with E-state index in [4.69, 9.17) is 21.0 Å². The minimum atomic E-state index is -0.972. The van der Waals surface area contributed by atoms with Gasteiger partial charge in [0.1, 0.15) is 12.4 Å². The quantitative estimate of drug-likeness (QED) is 0.577. The summed E-state index contributed by atoms with van der Waals surface area (Å²) in [6.07, 6.45) is 5.64. The summed E-state index contributed by atoms with van der Waals surface area (Å²) in [7, 11) is 0. The molecule has 0 bridgehead atoms. The first-order valence-electron chi connectivity index (χ1n) is 5.21. The normalized spacial score (nSPS) is 9.59. The molecule has 0 atom stereocenters. The first-order valence-corrected chi connectivity index (χ1v) is 5.21. The number of carboxylic acid groups (broad SMARTS) is 1. The zero-order valence-corrected chi connectivity index (χ0v) is 9.39. The molecule has 0 unspecified atom stereocenters. The van der Waals surface area contributed by atoms with Crippen LogP contribution in [-0.4, -0.2) is 30.9 Å². The molecule has 0 aliphatic rings. The number of ether oxygens (including phenoxy) is 2. The Labute approximate surface area is 100 Å². The van der Waals surface area contributed by atoms with Crippen LogP contribution < -0.4 is 4.74 Å². The van der Waals surface area contributed by atoms with Crippen LogP contribution in [-0.2, 0) is 4.74 Å². The fourth-order valence-electron chi connectivity index (χ4n) is 1.17. The van der Waals surface area contributed by atoms with Crippen molar-refractivity contribution in [3.63, 3.8) is 0 Å². The predicted octanol–water partition coefficient (Wildman–Crippen LogP) is 1.80. The lowest BCUT2D eigenvalue weighted by Crippen LogP contribution is -2.07. The van der Waals surface area contributed by atoms with E-state index in [1.807, 2.05) is 0 Å². The van der Waals surface area contributed by atoms with E-state index < -0.39 is 5.97 Å². The van der Waals surface area contributed by atoms with Crippen LogP contribution in [0.5, 0.6) is 5.75 Å². The fraction of sp³-hybridized carbons (Fsp3) is 0.308. The minimum Gasteiger partial charge on any atom is -0.491 e. The highest BCUT2D eigenvalue weighted by atomic mass is 16.5. The Bertz CT molecular complexity index is 406. The molecule has 0 spiro atoms. The van der Waals surface area contributed by atoms with E-state index in [1.165, 1.54) is 12.1 Å². The number of hydrogen-bond donors (Lipinski definition) is 1.